The van der Waals surface area contributed by atoms with Crippen molar-refractivity contribution in [2.45, 2.75) is 0 Å². The molecule has 0 atom stereocenters. The van der Waals surface area contributed by atoms with Crippen molar-refractivity contribution < 1.29 is 9.66 Å². The molecule has 0 unspecified atom stereocenters. The summed E-state index contributed by atoms with van der Waals surface area (Å²) in [4.78, 5) is 10.4. The summed E-state index contributed by atoms with van der Waals surface area (Å²) in [6.45, 7) is 0. The van der Waals surface area contributed by atoms with Gasteiger partial charge in [-0.15, -0.1) is 0 Å². The van der Waals surface area contributed by atoms with E-state index in [2.05, 4.69) is 10.7 Å². The zero-order valence-corrected chi connectivity index (χ0v) is 10.8. The minimum Gasteiger partial charge on any atom is -0.497 e. The Morgan fingerprint density at radius 2 is 1.75 bits per heavy atom. The molecule has 20 heavy (non-hydrogen) atoms. The lowest BCUT2D eigenvalue weighted by Crippen LogP contribution is -2.07. The molecule has 0 amide bonds. The molecule has 2 aromatic rings. The van der Waals surface area contributed by atoms with Crippen LogP contribution in [0.25, 0.3) is 0 Å². The Hall–Kier alpha value is -2.80. The fourth-order valence-corrected chi connectivity index (χ4v) is 1.71. The van der Waals surface area contributed by atoms with Gasteiger partial charge in [0.25, 0.3) is 5.69 Å². The van der Waals surface area contributed by atoms with Crippen molar-refractivity contribution >= 4 is 22.7 Å². The van der Waals surface area contributed by atoms with E-state index in [4.69, 9.17) is 10.6 Å². The number of methoxy groups -OCH3 is 1. The molecule has 0 saturated heterocycles. The minimum absolute atomic E-state index is 0.0449. The summed E-state index contributed by atoms with van der Waals surface area (Å²) in [5.41, 5.74) is 4.16. The number of nitrogen functional groups attached to an aromatic ring is 1. The van der Waals surface area contributed by atoms with Crippen LogP contribution in [0, 0.1) is 10.1 Å². The zero-order valence-electron chi connectivity index (χ0n) is 10.8. The molecule has 0 heterocycles. The van der Waals surface area contributed by atoms with Gasteiger partial charge in [0, 0.05) is 23.5 Å². The van der Waals surface area contributed by atoms with Gasteiger partial charge in [0.2, 0.25) is 0 Å². The highest BCUT2D eigenvalue weighted by molar-refractivity contribution is 5.68. The Labute approximate surface area is 115 Å². The van der Waals surface area contributed by atoms with E-state index in [9.17, 15) is 10.1 Å². The average molecular weight is 274 g/mol. The van der Waals surface area contributed by atoms with Gasteiger partial charge in [0.15, 0.2) is 0 Å². The quantitative estimate of drug-likeness (QED) is 0.440. The second kappa shape index (κ2) is 5.89. The van der Waals surface area contributed by atoms with Crippen molar-refractivity contribution in [3.8, 4) is 5.75 Å². The lowest BCUT2D eigenvalue weighted by Gasteiger charge is -2.09. The summed E-state index contributed by atoms with van der Waals surface area (Å²) in [6.07, 6.45) is 0. The fraction of sp³-hybridized carbons (Fsp3) is 0.0769. The van der Waals surface area contributed by atoms with E-state index in [1.54, 1.807) is 25.3 Å². The largest absolute Gasteiger partial charge is 0.497 e. The molecule has 2 aromatic carbocycles. The second-order valence-electron chi connectivity index (χ2n) is 4.02. The van der Waals surface area contributed by atoms with E-state index in [1.807, 2.05) is 12.1 Å². The molecule has 0 spiro atoms. The van der Waals surface area contributed by atoms with Crippen LogP contribution < -0.4 is 21.3 Å². The number of hydrazine groups is 1. The van der Waals surface area contributed by atoms with Crippen molar-refractivity contribution in [3.05, 3.63) is 52.6 Å². The summed E-state index contributed by atoms with van der Waals surface area (Å²) >= 11 is 0. The zero-order chi connectivity index (χ0) is 14.5. The topological polar surface area (TPSA) is 102 Å². The molecule has 0 radical (unpaired) electrons. The van der Waals surface area contributed by atoms with E-state index in [0.717, 1.165) is 11.4 Å². The van der Waals surface area contributed by atoms with E-state index in [0.29, 0.717) is 11.4 Å². The molecular weight excluding hydrogens is 260 g/mol. The van der Waals surface area contributed by atoms with Gasteiger partial charge >= 0.3 is 0 Å². The molecule has 0 fully saturated rings. The highest BCUT2D eigenvalue weighted by Gasteiger charge is 2.09. The molecule has 104 valence electrons. The average Bonchev–Trinajstić information content (AvgIpc) is 2.47. The Morgan fingerprint density at radius 1 is 1.10 bits per heavy atom. The summed E-state index contributed by atoms with van der Waals surface area (Å²) in [6, 6.07) is 11.7. The van der Waals surface area contributed by atoms with E-state index >= 15 is 0 Å². The van der Waals surface area contributed by atoms with Crippen molar-refractivity contribution in [1.82, 2.24) is 0 Å². The number of nitrogens with zero attached hydrogens (tertiary/aromatic N) is 1. The Balaban J connectivity index is 2.27. The number of nitrogens with two attached hydrogens (primary N) is 1. The summed E-state index contributed by atoms with van der Waals surface area (Å²) in [5, 5.41) is 13.9. The van der Waals surface area contributed by atoms with Gasteiger partial charge < -0.3 is 15.5 Å². The fourth-order valence-electron chi connectivity index (χ4n) is 1.71. The molecule has 0 bridgehead atoms. The van der Waals surface area contributed by atoms with E-state index in [1.165, 1.54) is 12.1 Å². The smallest absolute Gasteiger partial charge is 0.273 e. The molecule has 4 N–H and O–H groups in total. The first-order valence-electron chi connectivity index (χ1n) is 5.79. The standard InChI is InChI=1S/C13H14N4O3/c1-20-13-4-2-9(3-5-13)15-10-6-11(16-14)8-12(7-10)17(18)19/h2-8,15-16H,14H2,1H3. The number of non-ortho nitro benzene ring substituents is 1. The second-order valence-corrected chi connectivity index (χ2v) is 4.02. The molecule has 0 saturated carbocycles. The summed E-state index contributed by atoms with van der Waals surface area (Å²) in [5.74, 6) is 6.04. The Bertz CT molecular complexity index is 614. The number of rotatable bonds is 5. The molecule has 2 rings (SSSR count). The Kier molecular flexibility index (Phi) is 4.02. The highest BCUT2D eigenvalue weighted by Crippen LogP contribution is 2.27. The van der Waals surface area contributed by atoms with Gasteiger partial charge in [-0.25, -0.2) is 0 Å². The summed E-state index contributed by atoms with van der Waals surface area (Å²) < 4.78 is 5.06. The maximum absolute atomic E-state index is 10.8. The molecule has 0 aliphatic rings. The SMILES string of the molecule is COc1ccc(Nc2cc(NN)cc([N+](=O)[O-])c2)cc1. The van der Waals surface area contributed by atoms with Gasteiger partial charge in [-0.3, -0.25) is 16.0 Å². The molecule has 0 aliphatic heterocycles. The van der Waals surface area contributed by atoms with Crippen molar-refractivity contribution in [1.29, 1.82) is 0 Å². The first-order chi connectivity index (χ1) is 9.62. The number of nitro benzene ring substituents is 1. The van der Waals surface area contributed by atoms with Crippen LogP contribution in [0.4, 0.5) is 22.7 Å². The van der Waals surface area contributed by atoms with Gasteiger partial charge in [-0.1, -0.05) is 0 Å². The lowest BCUT2D eigenvalue weighted by atomic mass is 10.2. The van der Waals surface area contributed by atoms with Crippen LogP contribution in [0.2, 0.25) is 0 Å². The molecule has 0 aromatic heterocycles. The molecular formula is C13H14N4O3. The third-order valence-electron chi connectivity index (χ3n) is 2.67. The molecule has 7 nitrogen and oxygen atoms in total. The highest BCUT2D eigenvalue weighted by atomic mass is 16.6. The third kappa shape index (κ3) is 3.15. The molecule has 7 heteroatoms. The van der Waals surface area contributed by atoms with Crippen molar-refractivity contribution in [3.63, 3.8) is 0 Å². The molecule has 0 aliphatic carbocycles. The van der Waals surface area contributed by atoms with Gasteiger partial charge in [-0.05, 0) is 30.3 Å². The normalized spacial score (nSPS) is 9.90. The van der Waals surface area contributed by atoms with Crippen LogP contribution in [0.15, 0.2) is 42.5 Å². The first-order valence-corrected chi connectivity index (χ1v) is 5.79. The number of nitro groups is 1. The minimum atomic E-state index is -0.472. The van der Waals surface area contributed by atoms with E-state index in [-0.39, 0.29) is 5.69 Å². The van der Waals surface area contributed by atoms with Crippen LogP contribution in [0.3, 0.4) is 0 Å². The summed E-state index contributed by atoms with van der Waals surface area (Å²) in [7, 11) is 1.59. The monoisotopic (exact) mass is 274 g/mol. The maximum atomic E-state index is 10.8. The van der Waals surface area contributed by atoms with Crippen LogP contribution in [0.5, 0.6) is 5.75 Å². The van der Waals surface area contributed by atoms with Crippen molar-refractivity contribution in [2.24, 2.45) is 5.84 Å². The third-order valence-corrected chi connectivity index (χ3v) is 2.67. The van der Waals surface area contributed by atoms with Crippen LogP contribution >= 0.6 is 0 Å². The van der Waals surface area contributed by atoms with Gasteiger partial charge in [0.05, 0.1) is 17.7 Å². The lowest BCUT2D eigenvalue weighted by molar-refractivity contribution is -0.384. The number of ether oxygens (including phenoxy) is 1. The number of benzene rings is 2. The van der Waals surface area contributed by atoms with Crippen LogP contribution in [-0.2, 0) is 0 Å². The first kappa shape index (κ1) is 13.6. The predicted molar refractivity (Wildman–Crippen MR) is 77.2 cm³/mol. The number of hydrogen-bond donors (Lipinski definition) is 3. The number of anilines is 3. The predicted octanol–water partition coefficient (Wildman–Crippen LogP) is 2.63. The maximum Gasteiger partial charge on any atom is 0.273 e. The van der Waals surface area contributed by atoms with Crippen LogP contribution in [-0.4, -0.2) is 12.0 Å². The van der Waals surface area contributed by atoms with E-state index < -0.39 is 4.92 Å². The van der Waals surface area contributed by atoms with Crippen molar-refractivity contribution in [2.75, 3.05) is 17.9 Å². The van der Waals surface area contributed by atoms with Crippen LogP contribution in [0.1, 0.15) is 0 Å². The number of hydrogen-bond acceptors (Lipinski definition) is 6. The van der Waals surface area contributed by atoms with Gasteiger partial charge in [0.1, 0.15) is 5.75 Å². The van der Waals surface area contributed by atoms with Gasteiger partial charge in [-0.2, -0.15) is 0 Å². The Morgan fingerprint density at radius 3 is 2.30 bits per heavy atom. The number of nitrogens with one attached hydrogen (secondary N) is 2.